The van der Waals surface area contributed by atoms with Crippen molar-refractivity contribution < 1.29 is 5.11 Å². The van der Waals surface area contributed by atoms with Crippen molar-refractivity contribution >= 4 is 16.7 Å². The van der Waals surface area contributed by atoms with E-state index in [-0.39, 0.29) is 0 Å². The fourth-order valence-electron chi connectivity index (χ4n) is 0.765. The normalized spacial score (nSPS) is 9.55. The van der Waals surface area contributed by atoms with E-state index in [1.165, 1.54) is 0 Å². The molecule has 58 valence electrons. The lowest BCUT2D eigenvalue weighted by Gasteiger charge is -2.00. The van der Waals surface area contributed by atoms with Crippen LogP contribution in [0.5, 0.6) is 5.75 Å². The predicted molar refractivity (Wildman–Crippen MR) is 50.7 cm³/mol. The topological polar surface area (TPSA) is 20.2 Å². The van der Waals surface area contributed by atoms with Gasteiger partial charge in [-0.05, 0) is 24.0 Å². The molecule has 0 aliphatic carbocycles. The van der Waals surface area contributed by atoms with Crippen LogP contribution < -0.4 is 0 Å². The minimum absolute atomic E-state index is 0.294. The molecule has 0 atom stereocenters. The van der Waals surface area contributed by atoms with Gasteiger partial charge in [0.2, 0.25) is 0 Å². The highest BCUT2D eigenvalue weighted by Crippen LogP contribution is 2.23. The van der Waals surface area contributed by atoms with E-state index in [4.69, 9.17) is 5.11 Å². The van der Waals surface area contributed by atoms with Crippen molar-refractivity contribution in [3.63, 3.8) is 0 Å². The van der Waals surface area contributed by atoms with Gasteiger partial charge in [-0.15, -0.1) is 11.8 Å². The zero-order valence-electron chi connectivity index (χ0n) is 6.37. The summed E-state index contributed by atoms with van der Waals surface area (Å²) >= 11 is 1.61. The van der Waals surface area contributed by atoms with E-state index < -0.39 is 0 Å². The Morgan fingerprint density at radius 3 is 2.36 bits per heavy atom. The van der Waals surface area contributed by atoms with Crippen LogP contribution in [0.3, 0.4) is 0 Å². The molecule has 0 amide bonds. The van der Waals surface area contributed by atoms with Gasteiger partial charge in [-0.2, -0.15) is 0 Å². The molecule has 0 spiro atoms. The standard InChI is InChI=1S/C9H10OS/c1-7(11-2)8-3-5-9(10)6-4-8/h3-6,10H,1H2,2H3. The third-order valence-electron chi connectivity index (χ3n) is 1.44. The highest BCUT2D eigenvalue weighted by molar-refractivity contribution is 8.07. The molecule has 0 bridgehead atoms. The number of hydrogen-bond donors (Lipinski definition) is 1. The van der Waals surface area contributed by atoms with E-state index in [1.54, 1.807) is 23.9 Å². The van der Waals surface area contributed by atoms with Gasteiger partial charge in [-0.1, -0.05) is 18.7 Å². The molecule has 0 aliphatic rings. The van der Waals surface area contributed by atoms with Crippen molar-refractivity contribution in [2.45, 2.75) is 0 Å². The van der Waals surface area contributed by atoms with Crippen LogP contribution in [0, 0.1) is 0 Å². The summed E-state index contributed by atoms with van der Waals surface area (Å²) in [7, 11) is 0. The number of phenols is 1. The van der Waals surface area contributed by atoms with E-state index in [1.807, 2.05) is 18.4 Å². The summed E-state index contributed by atoms with van der Waals surface area (Å²) in [5.74, 6) is 0.294. The Balaban J connectivity index is 2.90. The minimum Gasteiger partial charge on any atom is -0.508 e. The third kappa shape index (κ3) is 2.02. The highest BCUT2D eigenvalue weighted by atomic mass is 32.2. The molecule has 2 heteroatoms. The zero-order valence-corrected chi connectivity index (χ0v) is 7.19. The van der Waals surface area contributed by atoms with E-state index >= 15 is 0 Å². The van der Waals surface area contributed by atoms with Crippen molar-refractivity contribution in [3.05, 3.63) is 36.4 Å². The molecule has 11 heavy (non-hydrogen) atoms. The molecule has 0 radical (unpaired) electrons. The largest absolute Gasteiger partial charge is 0.508 e. The summed E-state index contributed by atoms with van der Waals surface area (Å²) in [6, 6.07) is 7.04. The Kier molecular flexibility index (Phi) is 2.60. The Hall–Kier alpha value is -0.890. The van der Waals surface area contributed by atoms with Gasteiger partial charge in [0.05, 0.1) is 0 Å². The monoisotopic (exact) mass is 166 g/mol. The van der Waals surface area contributed by atoms with Gasteiger partial charge in [0, 0.05) is 4.91 Å². The number of benzene rings is 1. The molecule has 0 unspecified atom stereocenters. The molecule has 1 aromatic carbocycles. The number of hydrogen-bond acceptors (Lipinski definition) is 2. The summed E-state index contributed by atoms with van der Waals surface area (Å²) in [6.45, 7) is 3.85. The first-order valence-electron chi connectivity index (χ1n) is 3.26. The average Bonchev–Trinajstić information content (AvgIpc) is 2.05. The van der Waals surface area contributed by atoms with Crippen LogP contribution in [0.1, 0.15) is 5.56 Å². The first-order chi connectivity index (χ1) is 5.24. The van der Waals surface area contributed by atoms with Gasteiger partial charge in [-0.3, -0.25) is 0 Å². The Bertz CT molecular complexity index is 251. The molecule has 0 saturated carbocycles. The van der Waals surface area contributed by atoms with Gasteiger partial charge < -0.3 is 5.11 Å². The lowest BCUT2D eigenvalue weighted by molar-refractivity contribution is 0.475. The molecular formula is C9H10OS. The van der Waals surface area contributed by atoms with Crippen molar-refractivity contribution in [2.75, 3.05) is 6.26 Å². The third-order valence-corrected chi connectivity index (χ3v) is 2.16. The quantitative estimate of drug-likeness (QED) is 0.729. The number of aromatic hydroxyl groups is 1. The molecule has 0 aliphatic heterocycles. The van der Waals surface area contributed by atoms with E-state index in [2.05, 4.69) is 6.58 Å². The summed E-state index contributed by atoms with van der Waals surface area (Å²) in [5.41, 5.74) is 1.07. The van der Waals surface area contributed by atoms with Gasteiger partial charge >= 0.3 is 0 Å². The van der Waals surface area contributed by atoms with Crippen LogP contribution in [0.2, 0.25) is 0 Å². The molecule has 0 aromatic heterocycles. The van der Waals surface area contributed by atoms with E-state index in [9.17, 15) is 0 Å². The Morgan fingerprint density at radius 1 is 1.36 bits per heavy atom. The zero-order chi connectivity index (χ0) is 8.27. The van der Waals surface area contributed by atoms with Crippen molar-refractivity contribution in [3.8, 4) is 5.75 Å². The lowest BCUT2D eigenvalue weighted by atomic mass is 10.2. The second kappa shape index (κ2) is 3.49. The highest BCUT2D eigenvalue weighted by Gasteiger charge is 1.95. The van der Waals surface area contributed by atoms with Crippen LogP contribution >= 0.6 is 11.8 Å². The van der Waals surface area contributed by atoms with E-state index in [0.29, 0.717) is 5.75 Å². The summed E-state index contributed by atoms with van der Waals surface area (Å²) < 4.78 is 0. The van der Waals surface area contributed by atoms with Gasteiger partial charge in [0.15, 0.2) is 0 Å². The summed E-state index contributed by atoms with van der Waals surface area (Å²) in [4.78, 5) is 1.02. The Labute approximate surface area is 70.8 Å². The van der Waals surface area contributed by atoms with Gasteiger partial charge in [0.25, 0.3) is 0 Å². The van der Waals surface area contributed by atoms with Crippen LogP contribution in [0.4, 0.5) is 0 Å². The second-order valence-corrected chi connectivity index (χ2v) is 3.08. The maximum atomic E-state index is 8.97. The van der Waals surface area contributed by atoms with Crippen molar-refractivity contribution in [2.24, 2.45) is 0 Å². The van der Waals surface area contributed by atoms with Crippen molar-refractivity contribution in [1.82, 2.24) is 0 Å². The predicted octanol–water partition coefficient (Wildman–Crippen LogP) is 2.73. The van der Waals surface area contributed by atoms with Crippen LogP contribution in [-0.2, 0) is 0 Å². The molecule has 0 saturated heterocycles. The summed E-state index contributed by atoms with van der Waals surface area (Å²) in [5, 5.41) is 8.97. The molecule has 0 fully saturated rings. The lowest BCUT2D eigenvalue weighted by Crippen LogP contribution is -1.75. The molecule has 1 rings (SSSR count). The maximum absolute atomic E-state index is 8.97. The number of thioether (sulfide) groups is 1. The van der Waals surface area contributed by atoms with Crippen molar-refractivity contribution in [1.29, 1.82) is 0 Å². The minimum atomic E-state index is 0.294. The number of rotatable bonds is 2. The fraction of sp³-hybridized carbons (Fsp3) is 0.111. The molecule has 1 aromatic rings. The smallest absolute Gasteiger partial charge is 0.115 e. The van der Waals surface area contributed by atoms with Crippen LogP contribution in [-0.4, -0.2) is 11.4 Å². The average molecular weight is 166 g/mol. The molecular weight excluding hydrogens is 156 g/mol. The van der Waals surface area contributed by atoms with E-state index in [0.717, 1.165) is 10.5 Å². The first-order valence-corrected chi connectivity index (χ1v) is 4.49. The molecule has 1 nitrogen and oxygen atoms in total. The number of phenolic OH excluding ortho intramolecular Hbond substituents is 1. The van der Waals surface area contributed by atoms with Crippen LogP contribution in [0.25, 0.3) is 4.91 Å². The van der Waals surface area contributed by atoms with Crippen LogP contribution in [0.15, 0.2) is 30.8 Å². The summed E-state index contributed by atoms with van der Waals surface area (Å²) in [6.07, 6.45) is 1.98. The fourth-order valence-corrected chi connectivity index (χ4v) is 1.14. The maximum Gasteiger partial charge on any atom is 0.115 e. The van der Waals surface area contributed by atoms with Gasteiger partial charge in [0.1, 0.15) is 5.75 Å². The first kappa shape index (κ1) is 8.21. The molecule has 1 N–H and O–H groups in total. The Morgan fingerprint density at radius 2 is 1.91 bits per heavy atom. The second-order valence-electron chi connectivity index (χ2n) is 2.17. The SMILES string of the molecule is C=C(SC)c1ccc(O)cc1. The molecule has 0 heterocycles. The van der Waals surface area contributed by atoms with Gasteiger partial charge in [-0.25, -0.2) is 0 Å².